The molecule has 2 heterocycles. The van der Waals surface area contributed by atoms with E-state index in [1.807, 2.05) is 4.98 Å². The first kappa shape index (κ1) is 22.5. The largest absolute Gasteiger partial charge is 0.490 e. The molecule has 1 saturated carbocycles. The van der Waals surface area contributed by atoms with Crippen molar-refractivity contribution in [3.63, 3.8) is 0 Å². The highest BCUT2D eigenvalue weighted by molar-refractivity contribution is 7.66. The average Bonchev–Trinajstić information content (AvgIpc) is 2.98. The Bertz CT molecular complexity index is 1100. The van der Waals surface area contributed by atoms with Crippen molar-refractivity contribution < 1.29 is 51.2 Å². The summed E-state index contributed by atoms with van der Waals surface area (Å²) in [6, 6.07) is 1.08. The Balaban J connectivity index is 1.69. The molecule has 29 heavy (non-hydrogen) atoms. The van der Waals surface area contributed by atoms with Crippen molar-refractivity contribution in [3.8, 4) is 0 Å². The van der Waals surface area contributed by atoms with Crippen LogP contribution in [0.2, 0.25) is 0 Å². The number of hydrogen-bond donors (Lipinski definition) is 5. The van der Waals surface area contributed by atoms with Crippen LogP contribution in [0.5, 0.6) is 0 Å². The second-order valence-corrected chi connectivity index (χ2v) is 10.6. The summed E-state index contributed by atoms with van der Waals surface area (Å²) in [4.78, 5) is 60.9. The average molecular weight is 476 g/mol. The van der Waals surface area contributed by atoms with Crippen LogP contribution in [0.3, 0.4) is 0 Å². The Labute approximate surface area is 161 Å². The molecule has 1 aliphatic carbocycles. The summed E-state index contributed by atoms with van der Waals surface area (Å²) < 4.78 is 52.6. The molecule has 1 aliphatic heterocycles. The minimum atomic E-state index is -5.63. The predicted octanol–water partition coefficient (Wildman–Crippen LogP) is -0.134. The zero-order chi connectivity index (χ0) is 21.8. The van der Waals surface area contributed by atoms with Gasteiger partial charge < -0.3 is 24.3 Å². The van der Waals surface area contributed by atoms with Gasteiger partial charge in [-0.15, -0.1) is 0 Å². The number of phosphoric ester groups is 1. The summed E-state index contributed by atoms with van der Waals surface area (Å²) in [6.07, 6.45) is -0.856. The number of hydrogen-bond acceptors (Lipinski definition) is 9. The lowest BCUT2D eigenvalue weighted by Gasteiger charge is -2.18. The molecular formula is C11H15N2O13P3. The lowest BCUT2D eigenvalue weighted by Crippen LogP contribution is -2.32. The van der Waals surface area contributed by atoms with E-state index in [-0.39, 0.29) is 12.8 Å². The molecular weight excluding hydrogens is 461 g/mol. The summed E-state index contributed by atoms with van der Waals surface area (Å²) in [7, 11) is -16.4. The smallest absolute Gasteiger partial charge is 0.344 e. The van der Waals surface area contributed by atoms with Gasteiger partial charge in [-0.2, -0.15) is 8.62 Å². The highest BCUT2D eigenvalue weighted by Crippen LogP contribution is 2.69. The minimum Gasteiger partial charge on any atom is -0.344 e. The Morgan fingerprint density at radius 2 is 1.83 bits per heavy atom. The zero-order valence-corrected chi connectivity index (χ0v) is 16.9. The van der Waals surface area contributed by atoms with Gasteiger partial charge in [0.2, 0.25) is 0 Å². The SMILES string of the molecule is C=C1C[C@]2(C[C@H]2OP(=O)(O)OP(=O)(O)OP(=O)(O)O)OC1n1ccc(=O)[nH]c1=O. The van der Waals surface area contributed by atoms with Crippen molar-refractivity contribution in [1.29, 1.82) is 0 Å². The van der Waals surface area contributed by atoms with E-state index in [9.17, 15) is 28.2 Å². The molecule has 162 valence electrons. The van der Waals surface area contributed by atoms with E-state index < -0.39 is 52.7 Å². The molecule has 0 aromatic carbocycles. The van der Waals surface area contributed by atoms with E-state index in [1.165, 1.54) is 6.20 Å². The molecule has 3 unspecified atom stereocenters. The van der Waals surface area contributed by atoms with Crippen LogP contribution in [0, 0.1) is 0 Å². The lowest BCUT2D eigenvalue weighted by atomic mass is 10.1. The van der Waals surface area contributed by atoms with Gasteiger partial charge in [-0.25, -0.2) is 18.5 Å². The Kier molecular flexibility index (Phi) is 5.57. The number of ether oxygens (including phenoxy) is 1. The van der Waals surface area contributed by atoms with E-state index in [2.05, 4.69) is 15.2 Å². The number of aromatic nitrogens is 2. The first-order chi connectivity index (χ1) is 13.1. The second-order valence-electron chi connectivity index (χ2n) is 6.28. The second kappa shape index (κ2) is 7.19. The van der Waals surface area contributed by atoms with Gasteiger partial charge in [0, 0.05) is 25.1 Å². The van der Waals surface area contributed by atoms with E-state index in [1.54, 1.807) is 0 Å². The third kappa shape index (κ3) is 5.29. The normalized spacial score (nSPS) is 30.8. The predicted molar refractivity (Wildman–Crippen MR) is 91.3 cm³/mol. The van der Waals surface area contributed by atoms with E-state index >= 15 is 0 Å². The number of phosphoric acid groups is 3. The van der Waals surface area contributed by atoms with Crippen molar-refractivity contribution in [2.45, 2.75) is 30.8 Å². The minimum absolute atomic E-state index is 0.0175. The van der Waals surface area contributed by atoms with Gasteiger partial charge in [0.15, 0.2) is 6.23 Å². The summed E-state index contributed by atoms with van der Waals surface area (Å²) in [5, 5.41) is 0. The highest BCUT2D eigenvalue weighted by Gasteiger charge is 2.65. The monoisotopic (exact) mass is 476 g/mol. The maximum absolute atomic E-state index is 11.9. The molecule has 0 radical (unpaired) electrons. The van der Waals surface area contributed by atoms with Crippen molar-refractivity contribution >= 4 is 23.5 Å². The number of aromatic amines is 1. The molecule has 2 fully saturated rings. The fourth-order valence-electron chi connectivity index (χ4n) is 2.84. The molecule has 0 amide bonds. The molecule has 1 spiro atoms. The summed E-state index contributed by atoms with van der Waals surface area (Å²) >= 11 is 0. The van der Waals surface area contributed by atoms with Gasteiger partial charge in [-0.05, 0) is 5.57 Å². The number of nitrogens with one attached hydrogen (secondary N) is 1. The molecule has 5 atom stereocenters. The van der Waals surface area contributed by atoms with Gasteiger partial charge in [0.1, 0.15) is 11.7 Å². The quantitative estimate of drug-likeness (QED) is 0.256. The van der Waals surface area contributed by atoms with Crippen molar-refractivity contribution in [2.75, 3.05) is 0 Å². The van der Waals surface area contributed by atoms with E-state index in [4.69, 9.17) is 23.9 Å². The van der Waals surface area contributed by atoms with Crippen LogP contribution >= 0.6 is 23.5 Å². The van der Waals surface area contributed by atoms with Gasteiger partial charge in [-0.3, -0.25) is 18.9 Å². The fraction of sp³-hybridized carbons (Fsp3) is 0.455. The molecule has 0 bridgehead atoms. The van der Waals surface area contributed by atoms with Gasteiger partial charge in [0.05, 0.1) is 0 Å². The first-order valence-corrected chi connectivity index (χ1v) is 12.1. The molecule has 1 aromatic rings. The maximum Gasteiger partial charge on any atom is 0.490 e. The van der Waals surface area contributed by atoms with Crippen LogP contribution in [0.15, 0.2) is 34.0 Å². The fourth-order valence-corrected chi connectivity index (χ4v) is 6.09. The van der Waals surface area contributed by atoms with Gasteiger partial charge in [0.25, 0.3) is 5.56 Å². The van der Waals surface area contributed by atoms with E-state index in [0.717, 1.165) is 10.6 Å². The van der Waals surface area contributed by atoms with Crippen LogP contribution in [0.25, 0.3) is 0 Å². The zero-order valence-electron chi connectivity index (χ0n) is 14.2. The van der Waals surface area contributed by atoms with Crippen molar-refractivity contribution in [3.05, 3.63) is 45.3 Å². The van der Waals surface area contributed by atoms with Crippen LogP contribution in [-0.4, -0.2) is 40.8 Å². The summed E-state index contributed by atoms with van der Waals surface area (Å²) in [6.45, 7) is 3.76. The van der Waals surface area contributed by atoms with Crippen LogP contribution in [-0.2, 0) is 31.6 Å². The van der Waals surface area contributed by atoms with Crippen molar-refractivity contribution in [1.82, 2.24) is 9.55 Å². The van der Waals surface area contributed by atoms with E-state index in [0.29, 0.717) is 5.57 Å². The molecule has 1 saturated heterocycles. The molecule has 5 N–H and O–H groups in total. The molecule has 2 aliphatic rings. The highest BCUT2D eigenvalue weighted by atomic mass is 31.3. The lowest BCUT2D eigenvalue weighted by molar-refractivity contribution is -0.0290. The number of H-pyrrole nitrogens is 1. The third-order valence-corrected chi connectivity index (χ3v) is 7.81. The molecule has 15 nitrogen and oxygen atoms in total. The first-order valence-electron chi connectivity index (χ1n) is 7.61. The van der Waals surface area contributed by atoms with Crippen molar-refractivity contribution in [2.24, 2.45) is 0 Å². The van der Waals surface area contributed by atoms with Gasteiger partial charge >= 0.3 is 29.2 Å². The Morgan fingerprint density at radius 1 is 1.17 bits per heavy atom. The molecule has 1 aromatic heterocycles. The molecule has 3 rings (SSSR count). The standard InChI is InChI=1S/C11H15N2O13P3/c1-6-4-11(23-9(6)13-3-2-8(14)12-10(13)15)5-7(11)24-28(19,20)26-29(21,22)25-27(16,17)18/h2-3,7,9H,1,4-5H2,(H,19,20)(H,21,22)(H,12,14,15)(H2,16,17,18)/t7-,9?,11-/m1/s1. The Morgan fingerprint density at radius 3 is 2.41 bits per heavy atom. The third-order valence-electron chi connectivity index (χ3n) is 3.96. The number of rotatable bonds is 7. The topological polar surface area (TPSA) is 224 Å². The Hall–Kier alpha value is -1.21. The van der Waals surface area contributed by atoms with Crippen LogP contribution in [0.4, 0.5) is 0 Å². The summed E-state index contributed by atoms with van der Waals surface area (Å²) in [5.74, 6) is 0. The van der Waals surface area contributed by atoms with Gasteiger partial charge in [-0.1, -0.05) is 6.58 Å². The summed E-state index contributed by atoms with van der Waals surface area (Å²) in [5.41, 5.74) is -2.20. The maximum atomic E-state index is 11.9. The molecule has 18 heteroatoms. The number of nitrogens with zero attached hydrogens (tertiary/aromatic N) is 1. The van der Waals surface area contributed by atoms with Crippen LogP contribution in [0.1, 0.15) is 19.1 Å². The van der Waals surface area contributed by atoms with Crippen LogP contribution < -0.4 is 11.2 Å².